The summed E-state index contributed by atoms with van der Waals surface area (Å²) in [6, 6.07) is 0.344. The Kier molecular flexibility index (Phi) is 3.39. The highest BCUT2D eigenvalue weighted by molar-refractivity contribution is 5.80. The van der Waals surface area contributed by atoms with Crippen molar-refractivity contribution < 1.29 is 14.3 Å². The first-order valence-electron chi connectivity index (χ1n) is 6.81. The van der Waals surface area contributed by atoms with E-state index in [0.29, 0.717) is 0 Å². The first kappa shape index (κ1) is 13.4. The minimum Gasteiger partial charge on any atom is -0.444 e. The second-order valence-electron chi connectivity index (χ2n) is 6.48. The molecule has 4 heteroatoms. The fraction of sp³-hybridized carbons (Fsp3) is 0.857. The molecule has 2 rings (SSSR count). The van der Waals surface area contributed by atoms with Crippen LogP contribution in [-0.4, -0.2) is 34.5 Å². The van der Waals surface area contributed by atoms with Gasteiger partial charge in [0.05, 0.1) is 0 Å². The van der Waals surface area contributed by atoms with Gasteiger partial charge in [0.1, 0.15) is 11.4 Å². The number of nitrogens with zero attached hydrogens (tertiary/aromatic N) is 1. The second kappa shape index (κ2) is 4.56. The molecule has 2 fully saturated rings. The van der Waals surface area contributed by atoms with E-state index in [4.69, 9.17) is 4.74 Å². The Bertz CT molecular complexity index is 359. The quantitative estimate of drug-likeness (QED) is 0.722. The highest BCUT2D eigenvalue weighted by Gasteiger charge is 2.47. The molecule has 0 aromatic carbocycles. The number of piperidine rings is 1. The fourth-order valence-corrected chi connectivity index (χ4v) is 3.23. The molecule has 1 amide bonds. The summed E-state index contributed by atoms with van der Waals surface area (Å²) in [5.41, 5.74) is -0.473. The van der Waals surface area contributed by atoms with E-state index in [-0.39, 0.29) is 29.9 Å². The second-order valence-corrected chi connectivity index (χ2v) is 6.48. The molecule has 0 N–H and O–H groups in total. The zero-order chi connectivity index (χ0) is 13.5. The number of ketones is 1. The lowest BCUT2D eigenvalue weighted by Gasteiger charge is -2.39. The van der Waals surface area contributed by atoms with E-state index in [1.54, 1.807) is 6.92 Å². The van der Waals surface area contributed by atoms with Crippen molar-refractivity contribution in [1.29, 1.82) is 0 Å². The lowest BCUT2D eigenvalue weighted by molar-refractivity contribution is -0.124. The molecule has 102 valence electrons. The summed E-state index contributed by atoms with van der Waals surface area (Å²) in [6.45, 7) is 7.26. The molecule has 2 saturated heterocycles. The van der Waals surface area contributed by atoms with E-state index in [0.717, 1.165) is 25.7 Å². The first-order valence-corrected chi connectivity index (χ1v) is 6.81. The smallest absolute Gasteiger partial charge is 0.410 e. The van der Waals surface area contributed by atoms with Crippen LogP contribution in [0.2, 0.25) is 0 Å². The molecule has 3 unspecified atom stereocenters. The van der Waals surface area contributed by atoms with Gasteiger partial charge < -0.3 is 9.64 Å². The number of ether oxygens (including phenoxy) is 1. The average Bonchev–Trinajstić information content (AvgIpc) is 2.49. The number of amides is 1. The Morgan fingerprint density at radius 2 is 1.72 bits per heavy atom. The summed E-state index contributed by atoms with van der Waals surface area (Å²) in [5.74, 6) is 0.213. The van der Waals surface area contributed by atoms with Crippen molar-refractivity contribution in [2.45, 2.75) is 71.1 Å². The summed E-state index contributed by atoms with van der Waals surface area (Å²) in [5, 5.41) is 0. The third kappa shape index (κ3) is 2.52. The van der Waals surface area contributed by atoms with Crippen molar-refractivity contribution in [3.05, 3.63) is 0 Å². The molecule has 0 aromatic rings. The molecule has 3 atom stereocenters. The largest absolute Gasteiger partial charge is 0.444 e. The maximum absolute atomic E-state index is 12.2. The Hall–Kier alpha value is -1.06. The van der Waals surface area contributed by atoms with Gasteiger partial charge in [0.25, 0.3) is 0 Å². The predicted molar refractivity (Wildman–Crippen MR) is 68.3 cm³/mol. The molecule has 2 heterocycles. The molecular weight excluding hydrogens is 230 g/mol. The van der Waals surface area contributed by atoms with Crippen LogP contribution in [-0.2, 0) is 9.53 Å². The van der Waals surface area contributed by atoms with Crippen LogP contribution in [0.1, 0.15) is 53.4 Å². The number of carbonyl (C=O) groups is 2. The third-order valence-electron chi connectivity index (χ3n) is 3.95. The van der Waals surface area contributed by atoms with Gasteiger partial charge in [0.15, 0.2) is 0 Å². The van der Waals surface area contributed by atoms with Crippen LogP contribution in [0.3, 0.4) is 0 Å². The molecule has 2 bridgehead atoms. The highest BCUT2D eigenvalue weighted by atomic mass is 16.6. The van der Waals surface area contributed by atoms with Crippen LogP contribution in [0, 0.1) is 5.92 Å². The maximum Gasteiger partial charge on any atom is 0.410 e. The molecule has 0 aliphatic carbocycles. The van der Waals surface area contributed by atoms with Crippen LogP contribution < -0.4 is 0 Å². The Morgan fingerprint density at radius 1 is 1.11 bits per heavy atom. The van der Waals surface area contributed by atoms with Crippen molar-refractivity contribution >= 4 is 11.9 Å². The fourth-order valence-electron chi connectivity index (χ4n) is 3.23. The van der Waals surface area contributed by atoms with Crippen LogP contribution in [0.15, 0.2) is 0 Å². The summed E-state index contributed by atoms with van der Waals surface area (Å²) in [4.78, 5) is 25.7. The van der Waals surface area contributed by atoms with Gasteiger partial charge in [-0.3, -0.25) is 4.79 Å². The lowest BCUT2D eigenvalue weighted by atomic mass is 9.87. The van der Waals surface area contributed by atoms with Crippen LogP contribution in [0.4, 0.5) is 4.79 Å². The topological polar surface area (TPSA) is 46.6 Å². The van der Waals surface area contributed by atoms with E-state index >= 15 is 0 Å². The van der Waals surface area contributed by atoms with E-state index in [9.17, 15) is 9.59 Å². The van der Waals surface area contributed by atoms with E-state index in [1.807, 2.05) is 25.7 Å². The summed E-state index contributed by atoms with van der Waals surface area (Å²) < 4.78 is 5.46. The molecule has 2 aliphatic heterocycles. The predicted octanol–water partition coefficient (Wildman–Crippen LogP) is 2.75. The van der Waals surface area contributed by atoms with Crippen molar-refractivity contribution in [3.63, 3.8) is 0 Å². The Balaban J connectivity index is 2.13. The van der Waals surface area contributed by atoms with Gasteiger partial charge >= 0.3 is 6.09 Å². The molecule has 0 spiro atoms. The van der Waals surface area contributed by atoms with E-state index in [1.165, 1.54) is 0 Å². The van der Waals surface area contributed by atoms with Crippen LogP contribution in [0.25, 0.3) is 0 Å². The molecule has 0 radical (unpaired) electrons. The Labute approximate surface area is 109 Å². The van der Waals surface area contributed by atoms with Crippen molar-refractivity contribution in [1.82, 2.24) is 4.90 Å². The molecule has 18 heavy (non-hydrogen) atoms. The average molecular weight is 253 g/mol. The van der Waals surface area contributed by atoms with Gasteiger partial charge in [-0.2, -0.15) is 0 Å². The van der Waals surface area contributed by atoms with Gasteiger partial charge in [-0.15, -0.1) is 0 Å². The van der Waals surface area contributed by atoms with E-state index < -0.39 is 5.60 Å². The maximum atomic E-state index is 12.2. The zero-order valence-corrected chi connectivity index (χ0v) is 11.7. The normalized spacial score (nSPS) is 31.3. The zero-order valence-electron chi connectivity index (χ0n) is 11.7. The Morgan fingerprint density at radius 3 is 2.28 bits per heavy atom. The number of hydrogen-bond donors (Lipinski definition) is 0. The lowest BCUT2D eigenvalue weighted by Crippen LogP contribution is -2.51. The van der Waals surface area contributed by atoms with Crippen LogP contribution in [0.5, 0.6) is 0 Å². The molecule has 4 nitrogen and oxygen atoms in total. The summed E-state index contributed by atoms with van der Waals surface area (Å²) in [7, 11) is 0. The molecule has 0 aromatic heterocycles. The van der Waals surface area contributed by atoms with E-state index in [2.05, 4.69) is 0 Å². The molecular formula is C14H23NO3. The van der Waals surface area contributed by atoms with Gasteiger partial charge in [-0.25, -0.2) is 4.79 Å². The molecule has 0 saturated carbocycles. The SMILES string of the molecule is CC(=O)C1CCC2CCC1N2C(=O)OC(C)(C)C. The van der Waals surface area contributed by atoms with Crippen molar-refractivity contribution in [2.24, 2.45) is 5.92 Å². The highest BCUT2D eigenvalue weighted by Crippen LogP contribution is 2.40. The van der Waals surface area contributed by atoms with Crippen molar-refractivity contribution in [2.75, 3.05) is 0 Å². The minimum absolute atomic E-state index is 0.0104. The monoisotopic (exact) mass is 253 g/mol. The standard InChI is InChI=1S/C14H23NO3/c1-9(16)11-7-5-10-6-8-12(11)15(10)13(17)18-14(2,3)4/h10-12H,5-8H2,1-4H3. The number of fused-ring (bicyclic) bond motifs is 2. The van der Waals surface area contributed by atoms with Crippen molar-refractivity contribution in [3.8, 4) is 0 Å². The van der Waals surface area contributed by atoms with Crippen LogP contribution >= 0.6 is 0 Å². The first-order chi connectivity index (χ1) is 8.29. The van der Waals surface area contributed by atoms with Gasteiger partial charge in [0.2, 0.25) is 0 Å². The molecule has 2 aliphatic rings. The van der Waals surface area contributed by atoms with Gasteiger partial charge in [-0.05, 0) is 53.4 Å². The van der Waals surface area contributed by atoms with Gasteiger partial charge in [0, 0.05) is 18.0 Å². The third-order valence-corrected chi connectivity index (χ3v) is 3.95. The summed E-state index contributed by atoms with van der Waals surface area (Å²) >= 11 is 0. The minimum atomic E-state index is -0.473. The number of rotatable bonds is 1. The number of carbonyl (C=O) groups excluding carboxylic acids is 2. The number of Topliss-reactive ketones (excluding diaryl/α,β-unsaturated/α-hetero) is 1. The van der Waals surface area contributed by atoms with Gasteiger partial charge in [-0.1, -0.05) is 0 Å². The summed E-state index contributed by atoms with van der Waals surface area (Å²) in [6.07, 6.45) is 3.55. The number of hydrogen-bond acceptors (Lipinski definition) is 3.